The molecule has 82 valence electrons. The van der Waals surface area contributed by atoms with Gasteiger partial charge < -0.3 is 5.32 Å². The van der Waals surface area contributed by atoms with Gasteiger partial charge in [0.1, 0.15) is 0 Å². The van der Waals surface area contributed by atoms with Crippen molar-refractivity contribution in [2.45, 2.75) is 38.5 Å². The van der Waals surface area contributed by atoms with Crippen molar-refractivity contribution in [3.05, 3.63) is 11.6 Å². The minimum Gasteiger partial charge on any atom is -0.302 e. The lowest BCUT2D eigenvalue weighted by molar-refractivity contribution is -0.117. The van der Waals surface area contributed by atoms with E-state index in [0.29, 0.717) is 12.3 Å². The fourth-order valence-electron chi connectivity index (χ4n) is 2.11. The molecule has 1 saturated carbocycles. The van der Waals surface area contributed by atoms with Gasteiger partial charge in [-0.3, -0.25) is 4.79 Å². The first-order chi connectivity index (χ1) is 7.34. The third-order valence-electron chi connectivity index (χ3n) is 2.88. The van der Waals surface area contributed by atoms with E-state index in [1.54, 1.807) is 6.20 Å². The highest BCUT2D eigenvalue weighted by Crippen LogP contribution is 2.26. The van der Waals surface area contributed by atoms with E-state index in [2.05, 4.69) is 10.3 Å². The molecule has 1 amide bonds. The van der Waals surface area contributed by atoms with Crippen LogP contribution in [0.4, 0.5) is 5.13 Å². The molecule has 1 aromatic heterocycles. The van der Waals surface area contributed by atoms with Crippen LogP contribution in [-0.4, -0.2) is 10.9 Å². The van der Waals surface area contributed by atoms with Gasteiger partial charge in [-0.2, -0.15) is 0 Å². The van der Waals surface area contributed by atoms with Crippen molar-refractivity contribution in [1.29, 1.82) is 0 Å². The zero-order valence-electron chi connectivity index (χ0n) is 8.74. The van der Waals surface area contributed by atoms with Crippen LogP contribution in [0.5, 0.6) is 0 Å². The first-order valence-corrected chi connectivity index (χ1v) is 6.42. The van der Waals surface area contributed by atoms with Gasteiger partial charge in [0.2, 0.25) is 5.91 Å². The molecular weight excluding hydrogens is 208 g/mol. The number of nitrogens with one attached hydrogen (secondary N) is 1. The van der Waals surface area contributed by atoms with Gasteiger partial charge in [-0.15, -0.1) is 11.3 Å². The average Bonchev–Trinajstić information content (AvgIpc) is 2.71. The van der Waals surface area contributed by atoms with E-state index < -0.39 is 0 Å². The van der Waals surface area contributed by atoms with Gasteiger partial charge in [0, 0.05) is 18.0 Å². The average molecular weight is 224 g/mol. The monoisotopic (exact) mass is 224 g/mol. The van der Waals surface area contributed by atoms with Crippen LogP contribution in [-0.2, 0) is 4.79 Å². The molecule has 0 spiro atoms. The van der Waals surface area contributed by atoms with Gasteiger partial charge in [-0.25, -0.2) is 4.98 Å². The Balaban J connectivity index is 1.76. The van der Waals surface area contributed by atoms with Crippen molar-refractivity contribution >= 4 is 22.4 Å². The second kappa shape index (κ2) is 5.26. The minimum absolute atomic E-state index is 0.122. The van der Waals surface area contributed by atoms with Crippen molar-refractivity contribution in [2.75, 3.05) is 5.32 Å². The molecule has 1 N–H and O–H groups in total. The summed E-state index contributed by atoms with van der Waals surface area (Å²) >= 11 is 1.47. The minimum atomic E-state index is 0.122. The predicted molar refractivity (Wildman–Crippen MR) is 61.9 cm³/mol. The van der Waals surface area contributed by atoms with Crippen molar-refractivity contribution in [2.24, 2.45) is 5.92 Å². The molecule has 0 unspecified atom stereocenters. The van der Waals surface area contributed by atoms with Crippen LogP contribution >= 0.6 is 11.3 Å². The van der Waals surface area contributed by atoms with Crippen molar-refractivity contribution in [3.8, 4) is 0 Å². The number of rotatable bonds is 3. The van der Waals surface area contributed by atoms with Crippen LogP contribution in [0.15, 0.2) is 11.6 Å². The van der Waals surface area contributed by atoms with E-state index in [4.69, 9.17) is 0 Å². The maximum absolute atomic E-state index is 11.6. The Kier molecular flexibility index (Phi) is 3.72. The van der Waals surface area contributed by atoms with Crippen LogP contribution in [0.25, 0.3) is 0 Å². The highest BCUT2D eigenvalue weighted by Gasteiger charge is 2.17. The van der Waals surface area contributed by atoms with Crippen molar-refractivity contribution < 1.29 is 4.79 Å². The van der Waals surface area contributed by atoms with Gasteiger partial charge in [0.05, 0.1) is 0 Å². The predicted octanol–water partition coefficient (Wildman–Crippen LogP) is 3.05. The van der Waals surface area contributed by atoms with E-state index >= 15 is 0 Å². The third-order valence-corrected chi connectivity index (χ3v) is 3.57. The molecule has 15 heavy (non-hydrogen) atoms. The summed E-state index contributed by atoms with van der Waals surface area (Å²) in [6.45, 7) is 0. The molecule has 3 nitrogen and oxygen atoms in total. The van der Waals surface area contributed by atoms with E-state index in [0.717, 1.165) is 5.13 Å². The molecule has 0 atom stereocenters. The van der Waals surface area contributed by atoms with Crippen LogP contribution in [0.2, 0.25) is 0 Å². The number of hydrogen-bond donors (Lipinski definition) is 1. The Labute approximate surface area is 93.9 Å². The molecule has 1 aliphatic carbocycles. The molecule has 0 saturated heterocycles. The summed E-state index contributed by atoms with van der Waals surface area (Å²) < 4.78 is 0. The molecule has 0 aliphatic heterocycles. The Morgan fingerprint density at radius 3 is 2.93 bits per heavy atom. The van der Waals surface area contributed by atoms with Crippen LogP contribution < -0.4 is 5.32 Å². The number of hydrogen-bond acceptors (Lipinski definition) is 3. The lowest BCUT2D eigenvalue weighted by Crippen LogP contribution is -2.18. The fraction of sp³-hybridized carbons (Fsp3) is 0.636. The SMILES string of the molecule is O=C(CC1CCCCC1)Nc1nccs1. The quantitative estimate of drug-likeness (QED) is 0.857. The Morgan fingerprint density at radius 2 is 2.27 bits per heavy atom. The second-order valence-electron chi connectivity index (χ2n) is 4.09. The Morgan fingerprint density at radius 1 is 1.47 bits per heavy atom. The van der Waals surface area contributed by atoms with Crippen molar-refractivity contribution in [3.63, 3.8) is 0 Å². The van der Waals surface area contributed by atoms with Crippen molar-refractivity contribution in [1.82, 2.24) is 4.98 Å². The third kappa shape index (κ3) is 3.30. The molecule has 2 rings (SSSR count). The summed E-state index contributed by atoms with van der Waals surface area (Å²) in [5.41, 5.74) is 0. The second-order valence-corrected chi connectivity index (χ2v) is 4.99. The summed E-state index contributed by atoms with van der Waals surface area (Å²) in [4.78, 5) is 15.7. The Hall–Kier alpha value is -0.900. The summed E-state index contributed by atoms with van der Waals surface area (Å²) in [5, 5.41) is 5.43. The number of thiazole rings is 1. The molecule has 1 aliphatic rings. The molecule has 4 heteroatoms. The molecule has 1 fully saturated rings. The standard InChI is InChI=1S/C11H16N2OS/c14-10(13-11-12-6-7-15-11)8-9-4-2-1-3-5-9/h6-7,9H,1-5,8H2,(H,12,13,14). The largest absolute Gasteiger partial charge is 0.302 e. The summed E-state index contributed by atoms with van der Waals surface area (Å²) in [5.74, 6) is 0.718. The lowest BCUT2D eigenvalue weighted by atomic mass is 9.87. The zero-order chi connectivity index (χ0) is 10.5. The fourth-order valence-corrected chi connectivity index (χ4v) is 2.65. The molecule has 0 aromatic carbocycles. The van der Waals surface area contributed by atoms with Gasteiger partial charge in [0.15, 0.2) is 5.13 Å². The Bertz CT molecular complexity index is 304. The number of amides is 1. The van der Waals surface area contributed by atoms with E-state index in [9.17, 15) is 4.79 Å². The zero-order valence-corrected chi connectivity index (χ0v) is 9.55. The topological polar surface area (TPSA) is 42.0 Å². The smallest absolute Gasteiger partial charge is 0.226 e. The number of carbonyl (C=O) groups is 1. The normalized spacial score (nSPS) is 17.6. The van der Waals surface area contributed by atoms with Gasteiger partial charge in [-0.05, 0) is 18.8 Å². The highest BCUT2D eigenvalue weighted by molar-refractivity contribution is 7.13. The molecule has 1 heterocycles. The van der Waals surface area contributed by atoms with Crippen LogP contribution in [0.1, 0.15) is 38.5 Å². The molecule has 0 radical (unpaired) electrons. The number of carbonyl (C=O) groups excluding carboxylic acids is 1. The maximum Gasteiger partial charge on any atom is 0.226 e. The molecule has 1 aromatic rings. The van der Waals surface area contributed by atoms with E-state index in [1.165, 1.54) is 43.4 Å². The molecular formula is C11H16N2OS. The highest BCUT2D eigenvalue weighted by atomic mass is 32.1. The van der Waals surface area contributed by atoms with Gasteiger partial charge in [-0.1, -0.05) is 19.3 Å². The number of anilines is 1. The lowest BCUT2D eigenvalue weighted by Gasteiger charge is -2.20. The van der Waals surface area contributed by atoms with Gasteiger partial charge in [0.25, 0.3) is 0 Å². The van der Waals surface area contributed by atoms with Crippen LogP contribution in [0.3, 0.4) is 0 Å². The molecule has 0 bridgehead atoms. The summed E-state index contributed by atoms with van der Waals surface area (Å²) in [7, 11) is 0. The number of aromatic nitrogens is 1. The van der Waals surface area contributed by atoms with Gasteiger partial charge >= 0.3 is 0 Å². The first-order valence-electron chi connectivity index (χ1n) is 5.54. The summed E-state index contributed by atoms with van der Waals surface area (Å²) in [6, 6.07) is 0. The first kappa shape index (κ1) is 10.6. The maximum atomic E-state index is 11.6. The number of nitrogens with zero attached hydrogens (tertiary/aromatic N) is 1. The van der Waals surface area contributed by atoms with E-state index in [1.807, 2.05) is 5.38 Å². The van der Waals surface area contributed by atoms with Crippen LogP contribution in [0, 0.1) is 5.92 Å². The van der Waals surface area contributed by atoms with E-state index in [-0.39, 0.29) is 5.91 Å². The summed E-state index contributed by atoms with van der Waals surface area (Å²) in [6.07, 6.45) is 8.71.